The van der Waals surface area contributed by atoms with E-state index in [0.29, 0.717) is 0 Å². The Morgan fingerprint density at radius 1 is 1.45 bits per heavy atom. The molecule has 0 saturated heterocycles. The van der Waals surface area contributed by atoms with Gasteiger partial charge in [-0.05, 0) is 47.7 Å². The minimum atomic E-state index is -0.158. The summed E-state index contributed by atoms with van der Waals surface area (Å²) in [7, 11) is 1.62. The standard InChI is InChI=1S/C17H19NO3S/c1-12(14-4-3-5-15(9-14)21-2)18-17(20)7-6-16-8-13(10-19)11-22-16/h3-9,11-12,19H,10H2,1-2H3,(H,18,20). The van der Waals surface area contributed by atoms with Gasteiger partial charge in [-0.3, -0.25) is 4.79 Å². The smallest absolute Gasteiger partial charge is 0.244 e. The summed E-state index contributed by atoms with van der Waals surface area (Å²) >= 11 is 1.49. The summed E-state index contributed by atoms with van der Waals surface area (Å²) in [6.07, 6.45) is 3.25. The van der Waals surface area contributed by atoms with Gasteiger partial charge in [0.25, 0.3) is 0 Å². The van der Waals surface area contributed by atoms with E-state index in [4.69, 9.17) is 9.84 Å². The second-order valence-electron chi connectivity index (χ2n) is 4.86. The maximum Gasteiger partial charge on any atom is 0.244 e. The zero-order valence-electron chi connectivity index (χ0n) is 12.6. The van der Waals surface area contributed by atoms with Crippen LogP contribution in [0.2, 0.25) is 0 Å². The highest BCUT2D eigenvalue weighted by molar-refractivity contribution is 7.11. The Kier molecular flexibility index (Phi) is 5.75. The fourth-order valence-corrected chi connectivity index (χ4v) is 2.77. The van der Waals surface area contributed by atoms with Crippen LogP contribution in [0, 0.1) is 0 Å². The Hall–Kier alpha value is -2.11. The Morgan fingerprint density at radius 3 is 2.95 bits per heavy atom. The van der Waals surface area contributed by atoms with Crippen molar-refractivity contribution in [2.75, 3.05) is 7.11 Å². The number of carbonyl (C=O) groups excluding carboxylic acids is 1. The van der Waals surface area contributed by atoms with Crippen molar-refractivity contribution in [3.05, 3.63) is 57.8 Å². The molecule has 0 spiro atoms. The summed E-state index contributed by atoms with van der Waals surface area (Å²) < 4.78 is 5.18. The molecular formula is C17H19NO3S. The highest BCUT2D eigenvalue weighted by atomic mass is 32.1. The number of benzene rings is 1. The highest BCUT2D eigenvalue weighted by Gasteiger charge is 2.08. The van der Waals surface area contributed by atoms with Gasteiger partial charge < -0.3 is 15.2 Å². The van der Waals surface area contributed by atoms with E-state index in [1.165, 1.54) is 17.4 Å². The second kappa shape index (κ2) is 7.77. The van der Waals surface area contributed by atoms with Gasteiger partial charge in [0.2, 0.25) is 5.91 Å². The molecule has 2 rings (SSSR count). The normalized spacial score (nSPS) is 12.3. The lowest BCUT2D eigenvalue weighted by Crippen LogP contribution is -2.24. The zero-order chi connectivity index (χ0) is 15.9. The third kappa shape index (κ3) is 4.44. The first-order valence-electron chi connectivity index (χ1n) is 6.93. The maximum atomic E-state index is 12.0. The van der Waals surface area contributed by atoms with Gasteiger partial charge in [0, 0.05) is 11.0 Å². The van der Waals surface area contributed by atoms with Crippen LogP contribution in [-0.2, 0) is 11.4 Å². The summed E-state index contributed by atoms with van der Waals surface area (Å²) in [6, 6.07) is 9.37. The number of thiophene rings is 1. The first-order valence-corrected chi connectivity index (χ1v) is 7.81. The molecule has 1 heterocycles. The molecule has 2 N–H and O–H groups in total. The highest BCUT2D eigenvalue weighted by Crippen LogP contribution is 2.19. The van der Waals surface area contributed by atoms with Crippen molar-refractivity contribution in [1.82, 2.24) is 5.32 Å². The first kappa shape index (κ1) is 16.3. The van der Waals surface area contributed by atoms with Crippen LogP contribution < -0.4 is 10.1 Å². The van der Waals surface area contributed by atoms with Crippen LogP contribution in [-0.4, -0.2) is 18.1 Å². The Bertz CT molecular complexity index is 663. The van der Waals surface area contributed by atoms with Crippen LogP contribution in [0.3, 0.4) is 0 Å². The number of hydrogen-bond acceptors (Lipinski definition) is 4. The van der Waals surface area contributed by atoms with Crippen molar-refractivity contribution in [3.8, 4) is 5.75 Å². The van der Waals surface area contributed by atoms with Crippen molar-refractivity contribution >= 4 is 23.3 Å². The van der Waals surface area contributed by atoms with E-state index in [1.807, 2.05) is 42.6 Å². The second-order valence-corrected chi connectivity index (χ2v) is 5.80. The van der Waals surface area contributed by atoms with E-state index in [9.17, 15) is 4.79 Å². The van der Waals surface area contributed by atoms with E-state index in [1.54, 1.807) is 13.2 Å². The topological polar surface area (TPSA) is 58.6 Å². The summed E-state index contributed by atoms with van der Waals surface area (Å²) in [5.41, 5.74) is 1.84. The van der Waals surface area contributed by atoms with Crippen molar-refractivity contribution < 1.29 is 14.6 Å². The van der Waals surface area contributed by atoms with E-state index in [0.717, 1.165) is 21.8 Å². The molecule has 0 fully saturated rings. The molecule has 1 unspecified atom stereocenters. The van der Waals surface area contributed by atoms with Gasteiger partial charge >= 0.3 is 0 Å². The molecule has 5 heteroatoms. The molecule has 1 aromatic carbocycles. The van der Waals surface area contributed by atoms with Gasteiger partial charge in [0.05, 0.1) is 19.8 Å². The molecule has 0 aliphatic heterocycles. The van der Waals surface area contributed by atoms with Gasteiger partial charge in [-0.15, -0.1) is 11.3 Å². The van der Waals surface area contributed by atoms with Gasteiger partial charge in [0.15, 0.2) is 0 Å². The fraction of sp³-hybridized carbons (Fsp3) is 0.235. The Labute approximate surface area is 134 Å². The number of carbonyl (C=O) groups is 1. The molecule has 4 nitrogen and oxygen atoms in total. The summed E-state index contributed by atoms with van der Waals surface area (Å²) in [5.74, 6) is 0.610. The third-order valence-corrected chi connectivity index (χ3v) is 4.15. The Balaban J connectivity index is 1.95. The van der Waals surface area contributed by atoms with Crippen LogP contribution in [0.15, 0.2) is 41.8 Å². The number of rotatable bonds is 6. The number of ether oxygens (including phenoxy) is 1. The molecular weight excluding hydrogens is 298 g/mol. The van der Waals surface area contributed by atoms with Crippen molar-refractivity contribution in [1.29, 1.82) is 0 Å². The monoisotopic (exact) mass is 317 g/mol. The van der Waals surface area contributed by atoms with Gasteiger partial charge in [-0.1, -0.05) is 12.1 Å². The van der Waals surface area contributed by atoms with Crippen LogP contribution in [0.4, 0.5) is 0 Å². The molecule has 116 valence electrons. The van der Waals surface area contributed by atoms with Crippen molar-refractivity contribution in [2.24, 2.45) is 0 Å². The van der Waals surface area contributed by atoms with Gasteiger partial charge in [0.1, 0.15) is 5.75 Å². The quantitative estimate of drug-likeness (QED) is 0.805. The molecule has 0 aliphatic rings. The molecule has 0 saturated carbocycles. The molecule has 2 aromatic rings. The molecule has 1 amide bonds. The molecule has 0 radical (unpaired) electrons. The summed E-state index contributed by atoms with van der Waals surface area (Å²) in [6.45, 7) is 1.94. The van der Waals surface area contributed by atoms with E-state index in [-0.39, 0.29) is 18.6 Å². The van der Waals surface area contributed by atoms with Crippen LogP contribution in [0.25, 0.3) is 6.08 Å². The van der Waals surface area contributed by atoms with Crippen molar-refractivity contribution in [2.45, 2.75) is 19.6 Å². The SMILES string of the molecule is COc1cccc(C(C)NC(=O)C=Cc2cc(CO)cs2)c1. The minimum absolute atomic E-state index is 0.0173. The lowest BCUT2D eigenvalue weighted by molar-refractivity contribution is -0.117. The largest absolute Gasteiger partial charge is 0.497 e. The molecule has 1 atom stereocenters. The zero-order valence-corrected chi connectivity index (χ0v) is 13.4. The molecule has 0 aliphatic carbocycles. The first-order chi connectivity index (χ1) is 10.6. The Morgan fingerprint density at radius 2 is 2.27 bits per heavy atom. The predicted octanol–water partition coefficient (Wildman–Crippen LogP) is 3.14. The van der Waals surface area contributed by atoms with Gasteiger partial charge in [-0.25, -0.2) is 0 Å². The minimum Gasteiger partial charge on any atom is -0.497 e. The average Bonchev–Trinajstić information content (AvgIpc) is 3.01. The van der Waals surface area contributed by atoms with E-state index in [2.05, 4.69) is 5.32 Å². The molecule has 22 heavy (non-hydrogen) atoms. The number of aliphatic hydroxyl groups is 1. The number of methoxy groups -OCH3 is 1. The maximum absolute atomic E-state index is 12.0. The van der Waals surface area contributed by atoms with Crippen LogP contribution in [0.1, 0.15) is 29.0 Å². The molecule has 1 aromatic heterocycles. The van der Waals surface area contributed by atoms with Crippen LogP contribution in [0.5, 0.6) is 5.75 Å². The molecule has 0 bridgehead atoms. The fourth-order valence-electron chi connectivity index (χ4n) is 1.98. The average molecular weight is 317 g/mol. The third-order valence-electron chi connectivity index (χ3n) is 3.21. The summed E-state index contributed by atoms with van der Waals surface area (Å²) in [4.78, 5) is 12.9. The lowest BCUT2D eigenvalue weighted by Gasteiger charge is -2.13. The van der Waals surface area contributed by atoms with Crippen molar-refractivity contribution in [3.63, 3.8) is 0 Å². The number of aliphatic hydroxyl groups excluding tert-OH is 1. The van der Waals surface area contributed by atoms with Crippen LogP contribution >= 0.6 is 11.3 Å². The van der Waals surface area contributed by atoms with E-state index < -0.39 is 0 Å². The predicted molar refractivity (Wildman–Crippen MR) is 88.8 cm³/mol. The number of hydrogen-bond donors (Lipinski definition) is 2. The number of amides is 1. The lowest BCUT2D eigenvalue weighted by atomic mass is 10.1. The summed E-state index contributed by atoms with van der Waals surface area (Å²) in [5, 5.41) is 13.8. The number of nitrogens with one attached hydrogen (secondary N) is 1. The van der Waals surface area contributed by atoms with Gasteiger partial charge in [-0.2, -0.15) is 0 Å². The van der Waals surface area contributed by atoms with E-state index >= 15 is 0 Å².